The molecule has 20 heavy (non-hydrogen) atoms. The monoisotopic (exact) mass is 280 g/mol. The van der Waals surface area contributed by atoms with E-state index in [9.17, 15) is 14.3 Å². The maximum atomic E-state index is 12.7. The van der Waals surface area contributed by atoms with E-state index in [1.54, 1.807) is 0 Å². The van der Waals surface area contributed by atoms with E-state index >= 15 is 0 Å². The summed E-state index contributed by atoms with van der Waals surface area (Å²) in [5, 5.41) is 15.3. The molecule has 1 aromatic carbocycles. The molecule has 0 bridgehead atoms. The van der Waals surface area contributed by atoms with Gasteiger partial charge in [0.2, 0.25) is 5.91 Å². The van der Waals surface area contributed by atoms with Gasteiger partial charge >= 0.3 is 0 Å². The van der Waals surface area contributed by atoms with Crippen molar-refractivity contribution in [1.29, 1.82) is 0 Å². The summed E-state index contributed by atoms with van der Waals surface area (Å²) in [4.78, 5) is 11.7. The number of amides is 1. The van der Waals surface area contributed by atoms with Crippen molar-refractivity contribution in [3.63, 3.8) is 0 Å². The third-order valence-corrected chi connectivity index (χ3v) is 3.66. The van der Waals surface area contributed by atoms with Gasteiger partial charge in [0, 0.05) is 5.69 Å². The van der Waals surface area contributed by atoms with Gasteiger partial charge in [-0.25, -0.2) is 4.39 Å². The number of hydrogen-bond acceptors (Lipinski definition) is 3. The van der Waals surface area contributed by atoms with Gasteiger partial charge in [0.1, 0.15) is 5.82 Å². The highest BCUT2D eigenvalue weighted by Crippen LogP contribution is 2.23. The second-order valence-corrected chi connectivity index (χ2v) is 5.36. The topological polar surface area (TPSA) is 61.4 Å². The Hall–Kier alpha value is -1.46. The minimum Gasteiger partial charge on any atom is -0.393 e. The molecule has 0 aromatic heterocycles. The first-order chi connectivity index (χ1) is 9.63. The number of carbonyl (C=O) groups excluding carboxylic acids is 1. The average Bonchev–Trinajstić information content (AvgIpc) is 2.44. The van der Waals surface area contributed by atoms with Crippen LogP contribution >= 0.6 is 0 Å². The molecule has 1 fully saturated rings. The third-order valence-electron chi connectivity index (χ3n) is 3.66. The lowest BCUT2D eigenvalue weighted by molar-refractivity contribution is -0.115. The molecule has 1 aromatic rings. The highest BCUT2D eigenvalue weighted by molar-refractivity contribution is 5.92. The average molecular weight is 280 g/mol. The summed E-state index contributed by atoms with van der Waals surface area (Å²) in [7, 11) is 0. The summed E-state index contributed by atoms with van der Waals surface area (Å²) >= 11 is 0. The van der Waals surface area contributed by atoms with Crippen molar-refractivity contribution < 1.29 is 14.3 Å². The number of halogens is 1. The first-order valence-corrected chi connectivity index (χ1v) is 7.07. The quantitative estimate of drug-likeness (QED) is 0.772. The largest absolute Gasteiger partial charge is 0.393 e. The number of benzene rings is 1. The lowest BCUT2D eigenvalue weighted by Crippen LogP contribution is -2.33. The smallest absolute Gasteiger partial charge is 0.238 e. The van der Waals surface area contributed by atoms with Crippen LogP contribution in [0.1, 0.15) is 25.7 Å². The molecule has 0 aliphatic heterocycles. The van der Waals surface area contributed by atoms with E-state index in [0.29, 0.717) is 11.6 Å². The van der Waals surface area contributed by atoms with Crippen LogP contribution in [0.4, 0.5) is 10.1 Å². The maximum absolute atomic E-state index is 12.7. The Morgan fingerprint density at radius 3 is 2.50 bits per heavy atom. The fraction of sp³-hybridized carbons (Fsp3) is 0.533. The van der Waals surface area contributed by atoms with Crippen LogP contribution in [0.2, 0.25) is 0 Å². The second-order valence-electron chi connectivity index (χ2n) is 5.36. The number of carbonyl (C=O) groups is 1. The van der Waals surface area contributed by atoms with E-state index in [1.165, 1.54) is 24.3 Å². The predicted octanol–water partition coefficient (Wildman–Crippen LogP) is 1.90. The third kappa shape index (κ3) is 4.90. The standard InChI is InChI=1S/C15H21FN2O2/c16-12-3-5-13(6-4-12)18-15(20)10-17-9-11-1-7-14(19)8-2-11/h3-6,11,14,17,19H,1-2,7-10H2,(H,18,20). The molecule has 4 nitrogen and oxygen atoms in total. The molecular formula is C15H21FN2O2. The summed E-state index contributed by atoms with van der Waals surface area (Å²) in [5.41, 5.74) is 0.596. The molecule has 3 N–H and O–H groups in total. The zero-order valence-corrected chi connectivity index (χ0v) is 11.4. The van der Waals surface area contributed by atoms with Crippen molar-refractivity contribution in [2.45, 2.75) is 31.8 Å². The van der Waals surface area contributed by atoms with Crippen molar-refractivity contribution in [3.05, 3.63) is 30.1 Å². The Balaban J connectivity index is 1.64. The van der Waals surface area contributed by atoms with Crippen LogP contribution in [0.3, 0.4) is 0 Å². The molecule has 1 saturated carbocycles. The molecule has 0 heterocycles. The van der Waals surface area contributed by atoms with Gasteiger partial charge in [-0.2, -0.15) is 0 Å². The van der Waals surface area contributed by atoms with Crippen LogP contribution in [-0.4, -0.2) is 30.2 Å². The molecule has 0 saturated heterocycles. The number of rotatable bonds is 5. The second kappa shape index (κ2) is 7.36. The first-order valence-electron chi connectivity index (χ1n) is 7.07. The summed E-state index contributed by atoms with van der Waals surface area (Å²) < 4.78 is 12.7. The minimum atomic E-state index is -0.319. The van der Waals surface area contributed by atoms with Crippen LogP contribution in [0.15, 0.2) is 24.3 Å². The van der Waals surface area contributed by atoms with Crippen LogP contribution < -0.4 is 10.6 Å². The molecule has 0 atom stereocenters. The Kier molecular flexibility index (Phi) is 5.49. The highest BCUT2D eigenvalue weighted by Gasteiger charge is 2.18. The summed E-state index contributed by atoms with van der Waals surface area (Å²) in [6, 6.07) is 5.71. The van der Waals surface area contributed by atoms with Crippen molar-refractivity contribution in [2.75, 3.05) is 18.4 Å². The van der Waals surface area contributed by atoms with E-state index in [0.717, 1.165) is 32.2 Å². The molecule has 0 spiro atoms. The zero-order chi connectivity index (χ0) is 14.4. The van der Waals surface area contributed by atoms with Gasteiger partial charge < -0.3 is 15.7 Å². The molecule has 5 heteroatoms. The van der Waals surface area contributed by atoms with E-state index in [2.05, 4.69) is 10.6 Å². The Morgan fingerprint density at radius 2 is 1.85 bits per heavy atom. The number of hydrogen-bond donors (Lipinski definition) is 3. The van der Waals surface area contributed by atoms with E-state index in [-0.39, 0.29) is 24.4 Å². The Labute approximate surface area is 118 Å². The van der Waals surface area contributed by atoms with Gasteiger partial charge in [0.25, 0.3) is 0 Å². The molecule has 1 aliphatic rings. The summed E-state index contributed by atoms with van der Waals surface area (Å²) in [6.45, 7) is 1.04. The maximum Gasteiger partial charge on any atom is 0.238 e. The van der Waals surface area contributed by atoms with Crippen molar-refractivity contribution in [3.8, 4) is 0 Å². The SMILES string of the molecule is O=C(CNCC1CCC(O)CC1)Nc1ccc(F)cc1. The Morgan fingerprint density at radius 1 is 1.20 bits per heavy atom. The van der Waals surface area contributed by atoms with Crippen LogP contribution in [-0.2, 0) is 4.79 Å². The molecular weight excluding hydrogens is 259 g/mol. The first kappa shape index (κ1) is 14.9. The van der Waals surface area contributed by atoms with Gasteiger partial charge in [0.15, 0.2) is 0 Å². The normalized spacial score (nSPS) is 22.5. The van der Waals surface area contributed by atoms with E-state index in [1.807, 2.05) is 0 Å². The van der Waals surface area contributed by atoms with Gasteiger partial charge in [-0.15, -0.1) is 0 Å². The lowest BCUT2D eigenvalue weighted by atomic mass is 9.87. The van der Waals surface area contributed by atoms with Gasteiger partial charge in [0.05, 0.1) is 12.6 Å². The summed E-state index contributed by atoms with van der Waals surface area (Å²) in [5.74, 6) is 0.0880. The van der Waals surface area contributed by atoms with Gasteiger partial charge in [-0.1, -0.05) is 0 Å². The fourth-order valence-electron chi connectivity index (χ4n) is 2.48. The lowest BCUT2D eigenvalue weighted by Gasteiger charge is -2.25. The number of aliphatic hydroxyl groups excluding tert-OH is 1. The number of nitrogens with one attached hydrogen (secondary N) is 2. The van der Waals surface area contributed by atoms with Crippen molar-refractivity contribution in [1.82, 2.24) is 5.32 Å². The van der Waals surface area contributed by atoms with E-state index < -0.39 is 0 Å². The van der Waals surface area contributed by atoms with Crippen LogP contribution in [0.5, 0.6) is 0 Å². The van der Waals surface area contributed by atoms with Crippen LogP contribution in [0.25, 0.3) is 0 Å². The summed E-state index contributed by atoms with van der Waals surface area (Å²) in [6.07, 6.45) is 3.58. The highest BCUT2D eigenvalue weighted by atomic mass is 19.1. The minimum absolute atomic E-state index is 0.132. The predicted molar refractivity (Wildman–Crippen MR) is 75.9 cm³/mol. The van der Waals surface area contributed by atoms with E-state index in [4.69, 9.17) is 0 Å². The number of aliphatic hydroxyl groups is 1. The van der Waals surface area contributed by atoms with Crippen molar-refractivity contribution >= 4 is 11.6 Å². The van der Waals surface area contributed by atoms with Gasteiger partial charge in [-0.3, -0.25) is 4.79 Å². The molecule has 0 radical (unpaired) electrons. The Bertz CT molecular complexity index is 428. The fourth-order valence-corrected chi connectivity index (χ4v) is 2.48. The van der Waals surface area contributed by atoms with Gasteiger partial charge in [-0.05, 0) is 62.4 Å². The molecule has 0 unspecified atom stereocenters. The molecule has 2 rings (SSSR count). The molecule has 1 amide bonds. The number of anilines is 1. The zero-order valence-electron chi connectivity index (χ0n) is 11.4. The molecule has 1 aliphatic carbocycles. The molecule has 110 valence electrons. The van der Waals surface area contributed by atoms with Crippen molar-refractivity contribution in [2.24, 2.45) is 5.92 Å². The van der Waals surface area contributed by atoms with Crippen LogP contribution in [0, 0.1) is 11.7 Å².